The van der Waals surface area contributed by atoms with E-state index in [1.54, 1.807) is 14.2 Å². The summed E-state index contributed by atoms with van der Waals surface area (Å²) in [6, 6.07) is 11.8. The van der Waals surface area contributed by atoms with E-state index in [-0.39, 0.29) is 6.04 Å². The average molecular weight is 312 g/mol. The first-order valence-corrected chi connectivity index (χ1v) is 7.47. The topological polar surface area (TPSA) is 60.7 Å². The molecular formula is C17H20N4O2. The van der Waals surface area contributed by atoms with Crippen LogP contribution in [0.1, 0.15) is 24.4 Å². The number of methoxy groups -OCH3 is 2. The van der Waals surface area contributed by atoms with Crippen molar-refractivity contribution in [3.8, 4) is 11.5 Å². The molecule has 1 N–H and O–H groups in total. The predicted molar refractivity (Wildman–Crippen MR) is 87.8 cm³/mol. The number of rotatable bonds is 6. The summed E-state index contributed by atoms with van der Waals surface area (Å²) in [7, 11) is 3.27. The highest BCUT2D eigenvalue weighted by Gasteiger charge is 2.13. The van der Waals surface area contributed by atoms with Crippen LogP contribution in [0.3, 0.4) is 0 Å². The van der Waals surface area contributed by atoms with E-state index in [2.05, 4.69) is 22.4 Å². The van der Waals surface area contributed by atoms with Gasteiger partial charge in [0.05, 0.1) is 20.3 Å². The molecule has 120 valence electrons. The Balaban J connectivity index is 1.73. The van der Waals surface area contributed by atoms with Crippen LogP contribution in [0.15, 0.2) is 42.6 Å². The van der Waals surface area contributed by atoms with Crippen molar-refractivity contribution in [2.75, 3.05) is 14.2 Å². The van der Waals surface area contributed by atoms with Crippen molar-refractivity contribution in [3.63, 3.8) is 0 Å². The van der Waals surface area contributed by atoms with Crippen LogP contribution in [-0.2, 0) is 6.54 Å². The molecule has 0 aliphatic rings. The lowest BCUT2D eigenvalue weighted by molar-refractivity contribution is 0.354. The second kappa shape index (κ2) is 6.66. The molecule has 0 aliphatic heterocycles. The Bertz CT molecular complexity index is 800. The maximum Gasteiger partial charge on any atom is 0.161 e. The molecule has 3 aromatic rings. The van der Waals surface area contributed by atoms with Crippen LogP contribution in [0.25, 0.3) is 5.65 Å². The molecule has 0 saturated heterocycles. The van der Waals surface area contributed by atoms with Gasteiger partial charge >= 0.3 is 0 Å². The van der Waals surface area contributed by atoms with E-state index in [9.17, 15) is 0 Å². The molecule has 0 amide bonds. The Morgan fingerprint density at radius 1 is 1.09 bits per heavy atom. The standard InChI is InChI=1S/C17H20N4O2/c1-12(17-20-19-16-6-4-5-9-21(16)17)18-11-13-7-8-14(22-2)15(10-13)23-3/h4-10,12,18H,11H2,1-3H3/t12-/m1/s1. The number of hydrogen-bond acceptors (Lipinski definition) is 5. The van der Waals surface area contributed by atoms with E-state index in [1.807, 2.05) is 47.0 Å². The number of pyridine rings is 1. The highest BCUT2D eigenvalue weighted by molar-refractivity contribution is 5.43. The van der Waals surface area contributed by atoms with Gasteiger partial charge in [-0.25, -0.2) is 0 Å². The maximum absolute atomic E-state index is 5.33. The minimum absolute atomic E-state index is 0.0699. The largest absolute Gasteiger partial charge is 0.493 e. The van der Waals surface area contributed by atoms with E-state index in [0.717, 1.165) is 28.5 Å². The van der Waals surface area contributed by atoms with Crippen LogP contribution in [0.4, 0.5) is 0 Å². The van der Waals surface area contributed by atoms with Gasteiger partial charge in [-0.3, -0.25) is 4.40 Å². The highest BCUT2D eigenvalue weighted by atomic mass is 16.5. The maximum atomic E-state index is 5.33. The first kappa shape index (κ1) is 15.3. The summed E-state index contributed by atoms with van der Waals surface area (Å²) in [6.07, 6.45) is 1.97. The van der Waals surface area contributed by atoms with Gasteiger partial charge in [0.1, 0.15) is 0 Å². The van der Waals surface area contributed by atoms with Crippen molar-refractivity contribution in [2.24, 2.45) is 0 Å². The molecule has 1 atom stereocenters. The molecule has 0 fully saturated rings. The number of hydrogen-bond donors (Lipinski definition) is 1. The van der Waals surface area contributed by atoms with Crippen LogP contribution >= 0.6 is 0 Å². The zero-order valence-corrected chi connectivity index (χ0v) is 13.5. The Morgan fingerprint density at radius 3 is 2.70 bits per heavy atom. The van der Waals surface area contributed by atoms with E-state index >= 15 is 0 Å². The molecule has 3 rings (SSSR count). The van der Waals surface area contributed by atoms with Crippen molar-refractivity contribution in [1.29, 1.82) is 0 Å². The summed E-state index contributed by atoms with van der Waals surface area (Å²) in [5, 5.41) is 11.9. The van der Waals surface area contributed by atoms with Gasteiger partial charge < -0.3 is 14.8 Å². The fraction of sp³-hybridized carbons (Fsp3) is 0.294. The SMILES string of the molecule is COc1ccc(CN[C@H](C)c2nnc3ccccn23)cc1OC. The Labute approximate surface area is 135 Å². The van der Waals surface area contributed by atoms with Crippen LogP contribution in [0.2, 0.25) is 0 Å². The summed E-state index contributed by atoms with van der Waals surface area (Å²) in [6.45, 7) is 2.77. The highest BCUT2D eigenvalue weighted by Crippen LogP contribution is 2.27. The van der Waals surface area contributed by atoms with Crippen molar-refractivity contribution in [3.05, 3.63) is 54.0 Å². The average Bonchev–Trinajstić information content (AvgIpc) is 3.03. The van der Waals surface area contributed by atoms with Gasteiger partial charge in [0.2, 0.25) is 0 Å². The van der Waals surface area contributed by atoms with E-state index in [1.165, 1.54) is 0 Å². The lowest BCUT2D eigenvalue weighted by Gasteiger charge is -2.14. The minimum Gasteiger partial charge on any atom is -0.493 e. The first-order chi connectivity index (χ1) is 11.2. The second-order valence-electron chi connectivity index (χ2n) is 5.28. The molecule has 0 aliphatic carbocycles. The third-order valence-corrected chi connectivity index (χ3v) is 3.79. The number of fused-ring (bicyclic) bond motifs is 1. The first-order valence-electron chi connectivity index (χ1n) is 7.47. The van der Waals surface area contributed by atoms with Crippen LogP contribution in [0.5, 0.6) is 11.5 Å². The molecule has 2 aromatic heterocycles. The molecule has 0 saturated carbocycles. The summed E-state index contributed by atoms with van der Waals surface area (Å²) in [4.78, 5) is 0. The third kappa shape index (κ3) is 3.12. The number of aromatic nitrogens is 3. The number of nitrogens with one attached hydrogen (secondary N) is 1. The smallest absolute Gasteiger partial charge is 0.161 e. The van der Waals surface area contributed by atoms with Crippen molar-refractivity contribution < 1.29 is 9.47 Å². The normalized spacial score (nSPS) is 12.3. The Morgan fingerprint density at radius 2 is 1.91 bits per heavy atom. The molecule has 6 heteroatoms. The monoisotopic (exact) mass is 312 g/mol. The predicted octanol–water partition coefficient (Wildman–Crippen LogP) is 2.60. The zero-order valence-electron chi connectivity index (χ0n) is 13.5. The number of nitrogens with zero attached hydrogens (tertiary/aromatic N) is 3. The Kier molecular flexibility index (Phi) is 4.43. The molecule has 23 heavy (non-hydrogen) atoms. The molecule has 0 bridgehead atoms. The van der Waals surface area contributed by atoms with Crippen LogP contribution in [0, 0.1) is 0 Å². The van der Waals surface area contributed by atoms with Crippen molar-refractivity contribution in [2.45, 2.75) is 19.5 Å². The Hall–Kier alpha value is -2.60. The number of ether oxygens (including phenoxy) is 2. The van der Waals surface area contributed by atoms with Gasteiger partial charge in [-0.15, -0.1) is 10.2 Å². The zero-order chi connectivity index (χ0) is 16.2. The van der Waals surface area contributed by atoms with Crippen LogP contribution in [-0.4, -0.2) is 28.8 Å². The van der Waals surface area contributed by atoms with Gasteiger partial charge in [-0.1, -0.05) is 12.1 Å². The van der Waals surface area contributed by atoms with Gasteiger partial charge in [0, 0.05) is 12.7 Å². The van der Waals surface area contributed by atoms with Crippen molar-refractivity contribution >= 4 is 5.65 Å². The summed E-state index contributed by atoms with van der Waals surface area (Å²) in [5.74, 6) is 2.35. The van der Waals surface area contributed by atoms with Gasteiger partial charge in [-0.05, 0) is 36.8 Å². The lowest BCUT2D eigenvalue weighted by atomic mass is 10.2. The van der Waals surface area contributed by atoms with Gasteiger partial charge in [-0.2, -0.15) is 0 Å². The lowest BCUT2D eigenvalue weighted by Crippen LogP contribution is -2.20. The summed E-state index contributed by atoms with van der Waals surface area (Å²) >= 11 is 0. The van der Waals surface area contributed by atoms with Crippen LogP contribution < -0.4 is 14.8 Å². The minimum atomic E-state index is 0.0699. The fourth-order valence-electron chi connectivity index (χ4n) is 2.51. The third-order valence-electron chi connectivity index (χ3n) is 3.79. The molecular weight excluding hydrogens is 292 g/mol. The molecule has 0 unspecified atom stereocenters. The quantitative estimate of drug-likeness (QED) is 0.758. The molecule has 6 nitrogen and oxygen atoms in total. The number of benzene rings is 1. The van der Waals surface area contributed by atoms with E-state index in [4.69, 9.17) is 9.47 Å². The second-order valence-corrected chi connectivity index (χ2v) is 5.28. The molecule has 2 heterocycles. The van der Waals surface area contributed by atoms with Gasteiger partial charge in [0.25, 0.3) is 0 Å². The molecule has 0 radical (unpaired) electrons. The fourth-order valence-corrected chi connectivity index (χ4v) is 2.51. The van der Waals surface area contributed by atoms with Gasteiger partial charge in [0.15, 0.2) is 23.0 Å². The van der Waals surface area contributed by atoms with E-state index in [0.29, 0.717) is 6.54 Å². The molecule has 0 spiro atoms. The van der Waals surface area contributed by atoms with Crippen molar-refractivity contribution in [1.82, 2.24) is 19.9 Å². The molecule has 1 aromatic carbocycles. The summed E-state index contributed by atoms with van der Waals surface area (Å²) in [5.41, 5.74) is 1.96. The van der Waals surface area contributed by atoms with E-state index < -0.39 is 0 Å². The summed E-state index contributed by atoms with van der Waals surface area (Å²) < 4.78 is 12.6.